The van der Waals surface area contributed by atoms with Gasteiger partial charge in [-0.1, -0.05) is 18.2 Å². The highest BCUT2D eigenvalue weighted by Gasteiger charge is 2.37. The Balaban J connectivity index is 1.28. The molecule has 15 heteroatoms. The van der Waals surface area contributed by atoms with E-state index in [4.69, 9.17) is 0 Å². The van der Waals surface area contributed by atoms with Gasteiger partial charge in [-0.2, -0.15) is 26.3 Å². The quantitative estimate of drug-likeness (QED) is 0.237. The SMILES string of the molecule is O=C(c1ccc(N[S+]([O-])c2cccc3cccnc23)c(C(F)(F)F)c1)N1CCN(C(=O)c2ccc(C(F)(F)F)cn2)CC1. The summed E-state index contributed by atoms with van der Waals surface area (Å²) in [7, 11) is 0. The van der Waals surface area contributed by atoms with E-state index in [1.54, 1.807) is 24.3 Å². The van der Waals surface area contributed by atoms with E-state index in [0.717, 1.165) is 18.2 Å². The molecular formula is C28H21F6N5O3S. The third-order valence-corrected chi connectivity index (χ3v) is 7.87. The molecule has 5 rings (SSSR count). The highest BCUT2D eigenvalue weighted by molar-refractivity contribution is 7.93. The lowest BCUT2D eigenvalue weighted by Crippen LogP contribution is -2.50. The van der Waals surface area contributed by atoms with Crippen LogP contribution < -0.4 is 4.72 Å². The molecular weight excluding hydrogens is 600 g/mol. The van der Waals surface area contributed by atoms with Crippen molar-refractivity contribution in [3.8, 4) is 0 Å². The number of carbonyl (C=O) groups excluding carboxylic acids is 2. The Morgan fingerprint density at radius 1 is 0.814 bits per heavy atom. The zero-order valence-electron chi connectivity index (χ0n) is 21.9. The Bertz CT molecular complexity index is 1650. The number of hydrogen-bond acceptors (Lipinski definition) is 6. The summed E-state index contributed by atoms with van der Waals surface area (Å²) in [6, 6.07) is 12.8. The second-order valence-corrected chi connectivity index (χ2v) is 10.7. The molecule has 1 unspecified atom stereocenters. The van der Waals surface area contributed by atoms with Crippen LogP contribution in [-0.2, 0) is 23.7 Å². The molecule has 8 nitrogen and oxygen atoms in total. The van der Waals surface area contributed by atoms with Crippen molar-refractivity contribution in [3.63, 3.8) is 0 Å². The lowest BCUT2D eigenvalue weighted by atomic mass is 10.1. The third kappa shape index (κ3) is 6.51. The number of nitrogens with one attached hydrogen (secondary N) is 1. The fourth-order valence-corrected chi connectivity index (χ4v) is 5.56. The first kappa shape index (κ1) is 30.1. The number of piperazine rings is 1. The predicted molar refractivity (Wildman–Crippen MR) is 144 cm³/mol. The van der Waals surface area contributed by atoms with Crippen molar-refractivity contribution in [2.75, 3.05) is 30.9 Å². The summed E-state index contributed by atoms with van der Waals surface area (Å²) in [5.74, 6) is -1.35. The van der Waals surface area contributed by atoms with Gasteiger partial charge in [-0.15, -0.1) is 0 Å². The van der Waals surface area contributed by atoms with E-state index in [9.17, 15) is 40.5 Å². The monoisotopic (exact) mass is 621 g/mol. The summed E-state index contributed by atoms with van der Waals surface area (Å²) in [5.41, 5.74) is -2.79. The molecule has 2 aromatic carbocycles. The minimum atomic E-state index is -4.89. The number of benzene rings is 2. The van der Waals surface area contributed by atoms with Gasteiger partial charge in [-0.3, -0.25) is 19.6 Å². The molecule has 1 fully saturated rings. The summed E-state index contributed by atoms with van der Waals surface area (Å²) in [6.07, 6.45) is -7.46. The summed E-state index contributed by atoms with van der Waals surface area (Å²) >= 11 is -2.11. The minimum absolute atomic E-state index is 0.00288. The van der Waals surface area contributed by atoms with E-state index >= 15 is 0 Å². The number of aromatic nitrogens is 2. The number of hydrogen-bond donors (Lipinski definition) is 1. The van der Waals surface area contributed by atoms with Crippen molar-refractivity contribution in [2.24, 2.45) is 0 Å². The highest BCUT2D eigenvalue weighted by Crippen LogP contribution is 2.37. The fraction of sp³-hybridized carbons (Fsp3) is 0.214. The van der Waals surface area contributed by atoms with Crippen LogP contribution in [0.2, 0.25) is 0 Å². The molecule has 0 saturated carbocycles. The van der Waals surface area contributed by atoms with Crippen LogP contribution in [0, 0.1) is 0 Å². The number of para-hydroxylation sites is 1. The number of rotatable bonds is 5. The summed E-state index contributed by atoms with van der Waals surface area (Å²) < 4.78 is 95.9. The van der Waals surface area contributed by atoms with Gasteiger partial charge < -0.3 is 14.4 Å². The second-order valence-electron chi connectivity index (χ2n) is 9.47. The average Bonchev–Trinajstić information content (AvgIpc) is 2.99. The van der Waals surface area contributed by atoms with E-state index in [0.29, 0.717) is 23.2 Å². The van der Waals surface area contributed by atoms with Crippen molar-refractivity contribution in [2.45, 2.75) is 17.2 Å². The van der Waals surface area contributed by atoms with Crippen LogP contribution in [0.5, 0.6) is 0 Å². The van der Waals surface area contributed by atoms with E-state index in [1.165, 1.54) is 28.1 Å². The lowest BCUT2D eigenvalue weighted by Gasteiger charge is -2.34. The smallest absolute Gasteiger partial charge is 0.418 e. The average molecular weight is 622 g/mol. The van der Waals surface area contributed by atoms with Crippen LogP contribution >= 0.6 is 0 Å². The van der Waals surface area contributed by atoms with E-state index < -0.39 is 52.3 Å². The molecule has 1 aliphatic heterocycles. The first-order chi connectivity index (χ1) is 20.3. The van der Waals surface area contributed by atoms with Gasteiger partial charge in [0.05, 0.1) is 16.8 Å². The summed E-state index contributed by atoms with van der Waals surface area (Å²) in [5, 5.41) is 0.657. The van der Waals surface area contributed by atoms with Crippen molar-refractivity contribution in [1.82, 2.24) is 19.8 Å². The predicted octanol–water partition coefficient (Wildman–Crippen LogP) is 5.40. The molecule has 1 atom stereocenters. The third-order valence-electron chi connectivity index (χ3n) is 6.73. The number of alkyl halides is 6. The highest BCUT2D eigenvalue weighted by atomic mass is 32.2. The maximum atomic E-state index is 14.0. The zero-order chi connectivity index (χ0) is 30.9. The molecule has 2 aromatic heterocycles. The van der Waals surface area contributed by atoms with E-state index in [1.807, 2.05) is 0 Å². The molecule has 0 aliphatic carbocycles. The number of carbonyl (C=O) groups is 2. The Kier molecular flexibility index (Phi) is 8.21. The van der Waals surface area contributed by atoms with Gasteiger partial charge in [-0.25, -0.2) is 4.72 Å². The Labute approximate surface area is 243 Å². The largest absolute Gasteiger partial charge is 0.588 e. The zero-order valence-corrected chi connectivity index (χ0v) is 22.8. The number of nitrogens with zero attached hydrogens (tertiary/aromatic N) is 4. The molecule has 3 heterocycles. The molecule has 2 amide bonds. The maximum absolute atomic E-state index is 14.0. The fourth-order valence-electron chi connectivity index (χ4n) is 4.53. The number of amides is 2. The number of anilines is 1. The Morgan fingerprint density at radius 3 is 2.12 bits per heavy atom. The van der Waals surface area contributed by atoms with Crippen LogP contribution in [0.25, 0.3) is 10.9 Å². The van der Waals surface area contributed by atoms with Gasteiger partial charge in [0.2, 0.25) is 4.90 Å². The molecule has 1 aliphatic rings. The molecule has 1 saturated heterocycles. The van der Waals surface area contributed by atoms with Crippen LogP contribution in [0.15, 0.2) is 78.0 Å². The van der Waals surface area contributed by atoms with Crippen LogP contribution in [0.4, 0.5) is 32.0 Å². The Hall–Kier alpha value is -4.37. The van der Waals surface area contributed by atoms with Gasteiger partial charge in [0, 0.05) is 49.5 Å². The van der Waals surface area contributed by atoms with Gasteiger partial charge >= 0.3 is 12.4 Å². The van der Waals surface area contributed by atoms with E-state index in [-0.39, 0.29) is 42.3 Å². The summed E-state index contributed by atoms with van der Waals surface area (Å²) in [6.45, 7) is -0.0521. The maximum Gasteiger partial charge on any atom is 0.418 e. The van der Waals surface area contributed by atoms with Gasteiger partial charge in [-0.05, 0) is 42.5 Å². The van der Waals surface area contributed by atoms with Crippen molar-refractivity contribution >= 4 is 39.8 Å². The van der Waals surface area contributed by atoms with Crippen molar-refractivity contribution in [1.29, 1.82) is 0 Å². The molecule has 4 aromatic rings. The molecule has 0 radical (unpaired) electrons. The summed E-state index contributed by atoms with van der Waals surface area (Å²) in [4.78, 5) is 36.3. The van der Waals surface area contributed by atoms with Gasteiger partial charge in [0.25, 0.3) is 11.8 Å². The Morgan fingerprint density at radius 2 is 1.49 bits per heavy atom. The van der Waals surface area contributed by atoms with Crippen molar-refractivity contribution in [3.05, 3.63) is 95.4 Å². The molecule has 43 heavy (non-hydrogen) atoms. The first-order valence-corrected chi connectivity index (χ1v) is 13.8. The molecule has 1 N–H and O–H groups in total. The minimum Gasteiger partial charge on any atom is -0.588 e. The topological polar surface area (TPSA) is 101 Å². The number of fused-ring (bicyclic) bond motifs is 1. The molecule has 0 spiro atoms. The normalized spacial score (nSPS) is 15.0. The van der Waals surface area contributed by atoms with Crippen molar-refractivity contribution < 1.29 is 40.5 Å². The molecule has 0 bridgehead atoms. The first-order valence-electron chi connectivity index (χ1n) is 12.7. The number of halogens is 6. The van der Waals surface area contributed by atoms with Crippen LogP contribution in [-0.4, -0.2) is 62.3 Å². The van der Waals surface area contributed by atoms with E-state index in [2.05, 4.69) is 14.7 Å². The van der Waals surface area contributed by atoms with Gasteiger partial charge in [0.15, 0.2) is 0 Å². The lowest BCUT2D eigenvalue weighted by molar-refractivity contribution is -0.138. The number of pyridine rings is 2. The van der Waals surface area contributed by atoms with Crippen LogP contribution in [0.3, 0.4) is 0 Å². The molecule has 224 valence electrons. The van der Waals surface area contributed by atoms with Gasteiger partial charge in [0.1, 0.15) is 22.6 Å². The van der Waals surface area contributed by atoms with Crippen LogP contribution in [0.1, 0.15) is 32.0 Å². The standard InChI is InChI=1S/C28H21F6N5O3S/c29-27(30,31)19-7-9-22(36-16-19)26(41)39-13-11-38(12-14-39)25(40)18-6-8-21(20(15-18)28(32,33)34)37-43(42)23-5-1-3-17-4-2-10-35-24(17)23/h1-10,15-16,37H,11-14H2. The second kappa shape index (κ2) is 11.7.